The van der Waals surface area contributed by atoms with Crippen LogP contribution in [0.5, 0.6) is 0 Å². The topological polar surface area (TPSA) is 15.3 Å². The Morgan fingerprint density at radius 1 is 0.696 bits per heavy atom. The molecule has 2 heteroatoms. The summed E-state index contributed by atoms with van der Waals surface area (Å²) < 4.78 is 0. The van der Waals surface area contributed by atoms with Crippen molar-refractivity contribution in [2.75, 3.05) is 16.8 Å². The van der Waals surface area contributed by atoms with Crippen molar-refractivity contribution in [1.29, 1.82) is 0 Å². The molecule has 116 valence electrons. The van der Waals surface area contributed by atoms with Gasteiger partial charge in [-0.3, -0.25) is 0 Å². The maximum Gasteiger partial charge on any atom is 0.0486 e. The van der Waals surface area contributed by atoms with E-state index in [1.54, 1.807) is 0 Å². The molecular weight excluding hydrogens is 280 g/mol. The summed E-state index contributed by atoms with van der Waals surface area (Å²) in [4.78, 5) is 2.37. The van der Waals surface area contributed by atoms with Crippen LogP contribution >= 0.6 is 0 Å². The Hall–Kier alpha value is -2.74. The van der Waals surface area contributed by atoms with Crippen molar-refractivity contribution in [1.82, 2.24) is 0 Å². The Morgan fingerprint density at radius 2 is 1.13 bits per heavy atom. The lowest BCUT2D eigenvalue weighted by molar-refractivity contribution is 0.745. The minimum Gasteiger partial charge on any atom is -0.383 e. The first-order chi connectivity index (χ1) is 11.3. The summed E-state index contributed by atoms with van der Waals surface area (Å²) in [5, 5.41) is 3.52. The van der Waals surface area contributed by atoms with Gasteiger partial charge in [-0.2, -0.15) is 0 Å². The predicted octanol–water partition coefficient (Wildman–Crippen LogP) is 5.33. The maximum absolute atomic E-state index is 3.52. The van der Waals surface area contributed by atoms with Gasteiger partial charge in [-0.25, -0.2) is 0 Å². The number of anilines is 3. The second kappa shape index (κ2) is 7.50. The molecule has 0 aliphatic carbocycles. The van der Waals surface area contributed by atoms with Crippen molar-refractivity contribution < 1.29 is 0 Å². The highest BCUT2D eigenvalue weighted by Gasteiger charge is 2.16. The summed E-state index contributed by atoms with van der Waals surface area (Å²) in [7, 11) is 0. The first-order valence-corrected chi connectivity index (χ1v) is 8.03. The Kier molecular flexibility index (Phi) is 4.95. The summed E-state index contributed by atoms with van der Waals surface area (Å²) in [5.74, 6) is 0. The zero-order valence-corrected chi connectivity index (χ0v) is 13.4. The van der Waals surface area contributed by atoms with Gasteiger partial charge in [0.1, 0.15) is 0 Å². The standard InChI is InChI=1S/C21H22N2/c1-18(17-22-19-11-5-2-6-12-19)23(20-13-7-3-8-14-20)21-15-9-4-10-16-21/h2-16,18,22H,17H2,1H3. The molecule has 0 radical (unpaired) electrons. The molecule has 3 rings (SSSR count). The molecule has 0 heterocycles. The van der Waals surface area contributed by atoms with Gasteiger partial charge in [-0.1, -0.05) is 54.6 Å². The van der Waals surface area contributed by atoms with Crippen molar-refractivity contribution in [3.8, 4) is 0 Å². The van der Waals surface area contributed by atoms with Gasteiger partial charge in [-0.05, 0) is 43.3 Å². The zero-order valence-electron chi connectivity index (χ0n) is 13.4. The number of hydrogen-bond acceptors (Lipinski definition) is 2. The smallest absolute Gasteiger partial charge is 0.0486 e. The molecule has 0 saturated heterocycles. The van der Waals surface area contributed by atoms with E-state index in [2.05, 4.69) is 102 Å². The van der Waals surface area contributed by atoms with Gasteiger partial charge in [0.2, 0.25) is 0 Å². The molecule has 0 amide bonds. The van der Waals surface area contributed by atoms with Crippen LogP contribution in [0.1, 0.15) is 6.92 Å². The summed E-state index contributed by atoms with van der Waals surface area (Å²) in [6.07, 6.45) is 0. The molecule has 0 saturated carbocycles. The fourth-order valence-corrected chi connectivity index (χ4v) is 2.75. The average Bonchev–Trinajstić information content (AvgIpc) is 2.63. The van der Waals surface area contributed by atoms with Crippen LogP contribution in [0.15, 0.2) is 91.0 Å². The maximum atomic E-state index is 3.52. The summed E-state index contributed by atoms with van der Waals surface area (Å²) in [5.41, 5.74) is 3.57. The molecule has 0 bridgehead atoms. The molecule has 3 aromatic rings. The number of hydrogen-bond donors (Lipinski definition) is 1. The van der Waals surface area contributed by atoms with E-state index in [-0.39, 0.29) is 0 Å². The quantitative estimate of drug-likeness (QED) is 0.662. The van der Waals surface area contributed by atoms with Crippen molar-refractivity contribution in [2.24, 2.45) is 0 Å². The van der Waals surface area contributed by atoms with Crippen LogP contribution in [0.3, 0.4) is 0 Å². The fourth-order valence-electron chi connectivity index (χ4n) is 2.75. The monoisotopic (exact) mass is 302 g/mol. The average molecular weight is 302 g/mol. The fraction of sp³-hybridized carbons (Fsp3) is 0.143. The van der Waals surface area contributed by atoms with E-state index >= 15 is 0 Å². The Morgan fingerprint density at radius 3 is 1.61 bits per heavy atom. The molecule has 0 fully saturated rings. The molecule has 2 nitrogen and oxygen atoms in total. The van der Waals surface area contributed by atoms with Crippen LogP contribution in [-0.4, -0.2) is 12.6 Å². The number of nitrogens with one attached hydrogen (secondary N) is 1. The highest BCUT2D eigenvalue weighted by molar-refractivity contribution is 5.64. The van der Waals surface area contributed by atoms with Crippen molar-refractivity contribution in [2.45, 2.75) is 13.0 Å². The van der Waals surface area contributed by atoms with E-state index in [9.17, 15) is 0 Å². The van der Waals surface area contributed by atoms with Crippen molar-refractivity contribution >= 4 is 17.1 Å². The summed E-state index contributed by atoms with van der Waals surface area (Å²) in [6.45, 7) is 3.11. The third kappa shape index (κ3) is 3.92. The van der Waals surface area contributed by atoms with Crippen LogP contribution in [-0.2, 0) is 0 Å². The van der Waals surface area contributed by atoms with Gasteiger partial charge >= 0.3 is 0 Å². The third-order valence-corrected chi connectivity index (χ3v) is 3.88. The largest absolute Gasteiger partial charge is 0.383 e. The third-order valence-electron chi connectivity index (χ3n) is 3.88. The minimum atomic E-state index is 0.319. The molecule has 3 aromatic carbocycles. The lowest BCUT2D eigenvalue weighted by atomic mass is 10.1. The lowest BCUT2D eigenvalue weighted by Crippen LogP contribution is -2.34. The van der Waals surface area contributed by atoms with Crippen LogP contribution in [0.4, 0.5) is 17.1 Å². The first kappa shape index (κ1) is 15.2. The second-order valence-electron chi connectivity index (χ2n) is 5.64. The molecular formula is C21H22N2. The second-order valence-corrected chi connectivity index (χ2v) is 5.64. The Labute approximate surface area is 138 Å². The molecule has 0 spiro atoms. The van der Waals surface area contributed by atoms with Crippen LogP contribution in [0.25, 0.3) is 0 Å². The van der Waals surface area contributed by atoms with Crippen LogP contribution in [0.2, 0.25) is 0 Å². The minimum absolute atomic E-state index is 0.319. The van der Waals surface area contributed by atoms with Gasteiger partial charge in [0, 0.05) is 29.6 Å². The molecule has 1 atom stereocenters. The number of nitrogens with zero attached hydrogens (tertiary/aromatic N) is 1. The van der Waals surface area contributed by atoms with Gasteiger partial charge in [0.25, 0.3) is 0 Å². The number of para-hydroxylation sites is 3. The first-order valence-electron chi connectivity index (χ1n) is 8.03. The Balaban J connectivity index is 1.80. The van der Waals surface area contributed by atoms with Gasteiger partial charge in [0.15, 0.2) is 0 Å². The zero-order chi connectivity index (χ0) is 15.9. The van der Waals surface area contributed by atoms with E-state index in [0.717, 1.165) is 12.2 Å². The molecule has 0 aliphatic rings. The van der Waals surface area contributed by atoms with Gasteiger partial charge < -0.3 is 10.2 Å². The van der Waals surface area contributed by atoms with Crippen LogP contribution < -0.4 is 10.2 Å². The molecule has 1 unspecified atom stereocenters. The number of rotatable bonds is 6. The summed E-state index contributed by atoms with van der Waals surface area (Å²) >= 11 is 0. The Bertz CT molecular complexity index is 656. The van der Waals surface area contributed by atoms with E-state index in [1.165, 1.54) is 11.4 Å². The highest BCUT2D eigenvalue weighted by atomic mass is 15.2. The van der Waals surface area contributed by atoms with E-state index in [1.807, 2.05) is 6.07 Å². The normalized spacial score (nSPS) is 11.7. The molecule has 1 N–H and O–H groups in total. The highest BCUT2D eigenvalue weighted by Crippen LogP contribution is 2.27. The summed E-state index contributed by atoms with van der Waals surface area (Å²) in [6, 6.07) is 31.8. The molecule has 0 aromatic heterocycles. The lowest BCUT2D eigenvalue weighted by Gasteiger charge is -2.32. The van der Waals surface area contributed by atoms with Crippen molar-refractivity contribution in [3.05, 3.63) is 91.0 Å². The van der Waals surface area contributed by atoms with Gasteiger partial charge in [-0.15, -0.1) is 0 Å². The van der Waals surface area contributed by atoms with E-state index in [4.69, 9.17) is 0 Å². The predicted molar refractivity (Wildman–Crippen MR) is 99.4 cm³/mol. The van der Waals surface area contributed by atoms with E-state index in [0.29, 0.717) is 6.04 Å². The van der Waals surface area contributed by atoms with Crippen molar-refractivity contribution in [3.63, 3.8) is 0 Å². The van der Waals surface area contributed by atoms with E-state index < -0.39 is 0 Å². The number of benzene rings is 3. The van der Waals surface area contributed by atoms with Gasteiger partial charge in [0.05, 0.1) is 0 Å². The molecule has 23 heavy (non-hydrogen) atoms. The van der Waals surface area contributed by atoms with Crippen LogP contribution in [0, 0.1) is 0 Å². The molecule has 0 aliphatic heterocycles. The SMILES string of the molecule is CC(CNc1ccccc1)N(c1ccccc1)c1ccccc1.